The third kappa shape index (κ3) is 2.84. The lowest BCUT2D eigenvalue weighted by Crippen LogP contribution is -2.18. The van der Waals surface area contributed by atoms with Crippen molar-refractivity contribution in [3.8, 4) is 0 Å². The van der Waals surface area contributed by atoms with E-state index < -0.39 is 0 Å². The van der Waals surface area contributed by atoms with Gasteiger partial charge >= 0.3 is 0 Å². The number of H-pyrrole nitrogens is 1. The van der Waals surface area contributed by atoms with Crippen LogP contribution in [0.15, 0.2) is 24.3 Å². The van der Waals surface area contributed by atoms with Crippen LogP contribution in [0.2, 0.25) is 5.02 Å². The van der Waals surface area contributed by atoms with Crippen LogP contribution in [0.4, 0.5) is 0 Å². The maximum Gasteiger partial charge on any atom is 0.0900 e. The van der Waals surface area contributed by atoms with Gasteiger partial charge < -0.3 is 10.3 Å². The second kappa shape index (κ2) is 5.79. The number of halogens is 1. The number of hydrogen-bond donors (Lipinski definition) is 2. The van der Waals surface area contributed by atoms with Gasteiger partial charge in [-0.2, -0.15) is 0 Å². The Kier molecular flexibility index (Phi) is 4.02. The molecule has 0 aliphatic heterocycles. The summed E-state index contributed by atoms with van der Waals surface area (Å²) in [5, 5.41) is 6.52. The molecule has 3 aromatic rings. The molecule has 1 atom stereocenters. The normalized spacial score (nSPS) is 13.0. The fourth-order valence-corrected chi connectivity index (χ4v) is 3.82. The molecule has 0 aliphatic rings. The van der Waals surface area contributed by atoms with Crippen LogP contribution < -0.4 is 5.32 Å². The molecule has 21 heavy (non-hydrogen) atoms. The quantitative estimate of drug-likeness (QED) is 0.729. The Morgan fingerprint density at radius 2 is 2.10 bits per heavy atom. The monoisotopic (exact) mass is 319 g/mol. The number of hydrogen-bond acceptors (Lipinski definition) is 3. The molecule has 1 unspecified atom stereocenters. The Balaban J connectivity index is 1.77. The second-order valence-corrected chi connectivity index (χ2v) is 6.86. The van der Waals surface area contributed by atoms with E-state index in [0.717, 1.165) is 32.3 Å². The van der Waals surface area contributed by atoms with Crippen LogP contribution in [0.5, 0.6) is 0 Å². The van der Waals surface area contributed by atoms with Crippen molar-refractivity contribution in [2.75, 3.05) is 0 Å². The third-order valence-electron chi connectivity index (χ3n) is 3.63. The number of rotatable bonds is 4. The zero-order valence-corrected chi connectivity index (χ0v) is 13.9. The summed E-state index contributed by atoms with van der Waals surface area (Å²) in [7, 11) is 0. The van der Waals surface area contributed by atoms with Gasteiger partial charge in [0.05, 0.1) is 15.7 Å². The second-order valence-electron chi connectivity index (χ2n) is 5.25. The Bertz CT molecular complexity index is 775. The molecule has 0 spiro atoms. The number of nitrogens with zero attached hydrogens (tertiary/aromatic N) is 1. The largest absolute Gasteiger partial charge is 0.356 e. The number of aromatic nitrogens is 2. The van der Waals surface area contributed by atoms with E-state index in [-0.39, 0.29) is 6.04 Å². The molecule has 5 heteroatoms. The van der Waals surface area contributed by atoms with Crippen LogP contribution in [0.25, 0.3) is 10.9 Å². The van der Waals surface area contributed by atoms with Gasteiger partial charge in [0.15, 0.2) is 0 Å². The number of para-hydroxylation sites is 1. The van der Waals surface area contributed by atoms with Crippen molar-refractivity contribution in [3.63, 3.8) is 0 Å². The van der Waals surface area contributed by atoms with Gasteiger partial charge in [0.25, 0.3) is 0 Å². The smallest absolute Gasteiger partial charge is 0.0900 e. The summed E-state index contributed by atoms with van der Waals surface area (Å²) in [4.78, 5) is 9.16. The standard InChI is InChI=1S/C16H18ClN3S/c1-9(16-10(2)19-11(3)21-16)18-8-14-15(17)12-6-4-5-7-13(12)20-14/h4-7,9,18,20H,8H2,1-3H3. The summed E-state index contributed by atoms with van der Waals surface area (Å²) >= 11 is 8.19. The first-order chi connectivity index (χ1) is 10.1. The van der Waals surface area contributed by atoms with Gasteiger partial charge in [-0.15, -0.1) is 11.3 Å². The van der Waals surface area contributed by atoms with E-state index in [2.05, 4.69) is 29.1 Å². The average Bonchev–Trinajstić information content (AvgIpc) is 2.97. The highest BCUT2D eigenvalue weighted by atomic mass is 35.5. The van der Waals surface area contributed by atoms with E-state index in [9.17, 15) is 0 Å². The molecule has 3 rings (SSSR count). The average molecular weight is 320 g/mol. The molecule has 3 nitrogen and oxygen atoms in total. The summed E-state index contributed by atoms with van der Waals surface area (Å²) in [5.41, 5.74) is 3.22. The lowest BCUT2D eigenvalue weighted by atomic mass is 10.2. The van der Waals surface area contributed by atoms with E-state index >= 15 is 0 Å². The number of aromatic amines is 1. The molecular formula is C16H18ClN3S. The van der Waals surface area contributed by atoms with E-state index in [1.165, 1.54) is 4.88 Å². The Hall–Kier alpha value is -1.36. The van der Waals surface area contributed by atoms with Crippen molar-refractivity contribution in [1.82, 2.24) is 15.3 Å². The summed E-state index contributed by atoms with van der Waals surface area (Å²) in [6, 6.07) is 8.37. The first kappa shape index (κ1) is 14.6. The lowest BCUT2D eigenvalue weighted by molar-refractivity contribution is 0.574. The lowest BCUT2D eigenvalue weighted by Gasteiger charge is -2.12. The topological polar surface area (TPSA) is 40.7 Å². The molecule has 1 aromatic carbocycles. The fraction of sp³-hybridized carbons (Fsp3) is 0.312. The SMILES string of the molecule is Cc1nc(C)c(C(C)NCc2[nH]c3ccccc3c2Cl)s1. The predicted octanol–water partition coefficient (Wildman–Crippen LogP) is 4.75. The first-order valence-electron chi connectivity index (χ1n) is 6.98. The highest BCUT2D eigenvalue weighted by molar-refractivity contribution is 7.11. The minimum absolute atomic E-state index is 0.263. The highest BCUT2D eigenvalue weighted by Gasteiger charge is 2.14. The fourth-order valence-electron chi connectivity index (χ4n) is 2.58. The van der Waals surface area contributed by atoms with Crippen molar-refractivity contribution >= 4 is 33.8 Å². The van der Waals surface area contributed by atoms with Gasteiger partial charge in [-0.05, 0) is 26.8 Å². The van der Waals surface area contributed by atoms with Crippen molar-refractivity contribution in [3.05, 3.63) is 50.6 Å². The van der Waals surface area contributed by atoms with Crippen LogP contribution in [-0.4, -0.2) is 9.97 Å². The van der Waals surface area contributed by atoms with Crippen molar-refractivity contribution in [2.45, 2.75) is 33.4 Å². The number of fused-ring (bicyclic) bond motifs is 1. The van der Waals surface area contributed by atoms with E-state index in [1.54, 1.807) is 11.3 Å². The molecule has 2 aromatic heterocycles. The predicted molar refractivity (Wildman–Crippen MR) is 90.2 cm³/mol. The molecule has 0 amide bonds. The van der Waals surface area contributed by atoms with Gasteiger partial charge in [0.1, 0.15) is 0 Å². The summed E-state index contributed by atoms with van der Waals surface area (Å²) in [5.74, 6) is 0. The summed E-state index contributed by atoms with van der Waals surface area (Å²) < 4.78 is 0. The molecule has 2 N–H and O–H groups in total. The summed E-state index contributed by atoms with van der Waals surface area (Å²) in [6.07, 6.45) is 0. The van der Waals surface area contributed by atoms with Gasteiger partial charge in [0.2, 0.25) is 0 Å². The van der Waals surface area contributed by atoms with Crippen LogP contribution in [0, 0.1) is 13.8 Å². The van der Waals surface area contributed by atoms with Crippen LogP contribution in [-0.2, 0) is 6.54 Å². The number of aryl methyl sites for hydroxylation is 2. The number of benzene rings is 1. The Morgan fingerprint density at radius 3 is 2.76 bits per heavy atom. The molecule has 110 valence electrons. The van der Waals surface area contributed by atoms with Crippen LogP contribution in [0.3, 0.4) is 0 Å². The third-order valence-corrected chi connectivity index (χ3v) is 5.32. The molecule has 0 saturated heterocycles. The number of thiazole rings is 1. The molecule has 0 saturated carbocycles. The Labute approximate surface area is 133 Å². The Morgan fingerprint density at radius 1 is 1.33 bits per heavy atom. The van der Waals surface area contributed by atoms with Gasteiger partial charge in [-0.25, -0.2) is 4.98 Å². The minimum Gasteiger partial charge on any atom is -0.356 e. The van der Waals surface area contributed by atoms with Gasteiger partial charge in [-0.1, -0.05) is 29.8 Å². The van der Waals surface area contributed by atoms with Crippen LogP contribution >= 0.6 is 22.9 Å². The van der Waals surface area contributed by atoms with Crippen molar-refractivity contribution in [1.29, 1.82) is 0 Å². The zero-order chi connectivity index (χ0) is 15.0. The number of nitrogens with one attached hydrogen (secondary N) is 2. The molecule has 0 aliphatic carbocycles. The van der Waals surface area contributed by atoms with Crippen molar-refractivity contribution < 1.29 is 0 Å². The van der Waals surface area contributed by atoms with Gasteiger partial charge in [0, 0.05) is 34.1 Å². The van der Waals surface area contributed by atoms with Crippen molar-refractivity contribution in [2.24, 2.45) is 0 Å². The minimum atomic E-state index is 0.263. The summed E-state index contributed by atoms with van der Waals surface area (Å²) in [6.45, 7) is 6.98. The molecule has 0 bridgehead atoms. The first-order valence-corrected chi connectivity index (χ1v) is 8.18. The maximum absolute atomic E-state index is 6.44. The van der Waals surface area contributed by atoms with E-state index in [0.29, 0.717) is 6.54 Å². The molecule has 0 radical (unpaired) electrons. The maximum atomic E-state index is 6.44. The van der Waals surface area contributed by atoms with E-state index in [4.69, 9.17) is 11.6 Å². The van der Waals surface area contributed by atoms with E-state index in [1.807, 2.05) is 31.2 Å². The van der Waals surface area contributed by atoms with Gasteiger partial charge in [-0.3, -0.25) is 0 Å². The molecule has 0 fully saturated rings. The highest BCUT2D eigenvalue weighted by Crippen LogP contribution is 2.28. The van der Waals surface area contributed by atoms with Crippen LogP contribution in [0.1, 0.15) is 34.2 Å². The molecular weight excluding hydrogens is 302 g/mol. The molecule has 2 heterocycles. The zero-order valence-electron chi connectivity index (χ0n) is 12.3.